The largest absolute Gasteiger partial charge is 0.329 e. The van der Waals surface area contributed by atoms with Crippen LogP contribution in [0.1, 0.15) is 34.5 Å². The summed E-state index contributed by atoms with van der Waals surface area (Å²) >= 11 is 0. The molecular weight excluding hydrogens is 316 g/mol. The monoisotopic (exact) mass is 336 g/mol. The molecule has 1 unspecified atom stereocenters. The maximum absolute atomic E-state index is 13.1. The highest BCUT2D eigenvalue weighted by Crippen LogP contribution is 2.24. The fourth-order valence-corrected chi connectivity index (χ4v) is 3.25. The zero-order valence-corrected chi connectivity index (χ0v) is 14.1. The molecule has 0 saturated carbocycles. The number of rotatable bonds is 3. The Labute approximate surface area is 145 Å². The molecule has 3 heterocycles. The van der Waals surface area contributed by atoms with Crippen molar-refractivity contribution >= 4 is 11.6 Å². The van der Waals surface area contributed by atoms with Crippen LogP contribution in [0.2, 0.25) is 0 Å². The van der Waals surface area contributed by atoms with Crippen LogP contribution in [0, 0.1) is 0 Å². The van der Waals surface area contributed by atoms with Gasteiger partial charge in [-0.3, -0.25) is 4.79 Å². The summed E-state index contributed by atoms with van der Waals surface area (Å²) in [5.74, 6) is 0.00321. The van der Waals surface area contributed by atoms with Crippen LogP contribution in [-0.2, 0) is 6.42 Å². The molecule has 1 N–H and O–H groups in total. The number of aryl methyl sites for hydroxylation is 1. The number of carbonyl (C=O) groups excluding carboxylic acids is 1. The third kappa shape index (κ3) is 2.98. The quantitative estimate of drug-likeness (QED) is 0.784. The average molecular weight is 336 g/mol. The Morgan fingerprint density at radius 1 is 1.24 bits per heavy atom. The number of fused-ring (bicyclic) bond motifs is 1. The van der Waals surface area contributed by atoms with Crippen LogP contribution < -0.4 is 5.32 Å². The van der Waals surface area contributed by atoms with Crippen LogP contribution in [0.25, 0.3) is 5.65 Å². The Hall–Kier alpha value is -2.80. The van der Waals surface area contributed by atoms with E-state index in [-0.39, 0.29) is 11.9 Å². The van der Waals surface area contributed by atoms with Crippen LogP contribution in [0.5, 0.6) is 0 Å². The van der Waals surface area contributed by atoms with Crippen molar-refractivity contribution in [1.29, 1.82) is 0 Å². The Balaban J connectivity index is 1.63. The van der Waals surface area contributed by atoms with Crippen molar-refractivity contribution in [1.82, 2.24) is 30.3 Å². The number of hydrogen-bond donors (Lipinski definition) is 1. The highest BCUT2D eigenvalue weighted by molar-refractivity contribution is 5.94. The first kappa shape index (κ1) is 15.7. The minimum atomic E-state index is 0.00321. The predicted octanol–water partition coefficient (Wildman–Crippen LogP) is 1.47. The van der Waals surface area contributed by atoms with Crippen molar-refractivity contribution in [2.45, 2.75) is 19.4 Å². The van der Waals surface area contributed by atoms with Crippen LogP contribution in [0.4, 0.5) is 0 Å². The fraction of sp³-hybridized carbons (Fsp3) is 0.333. The molecule has 0 spiro atoms. The molecule has 0 radical (unpaired) electrons. The van der Waals surface area contributed by atoms with Crippen molar-refractivity contribution in [2.75, 3.05) is 19.6 Å². The van der Waals surface area contributed by atoms with Gasteiger partial charge in [-0.15, -0.1) is 5.10 Å². The van der Waals surface area contributed by atoms with E-state index >= 15 is 0 Å². The van der Waals surface area contributed by atoms with Gasteiger partial charge in [0.1, 0.15) is 0 Å². The summed E-state index contributed by atoms with van der Waals surface area (Å²) < 4.78 is 1.53. The fourth-order valence-electron chi connectivity index (χ4n) is 3.25. The lowest BCUT2D eigenvalue weighted by atomic mass is 10.00. The van der Waals surface area contributed by atoms with E-state index in [0.29, 0.717) is 17.8 Å². The van der Waals surface area contributed by atoms with Gasteiger partial charge >= 0.3 is 0 Å². The molecule has 1 fully saturated rings. The van der Waals surface area contributed by atoms with Gasteiger partial charge in [-0.2, -0.15) is 4.52 Å². The first-order valence-corrected chi connectivity index (χ1v) is 8.54. The van der Waals surface area contributed by atoms with E-state index < -0.39 is 0 Å². The van der Waals surface area contributed by atoms with E-state index in [1.807, 2.05) is 4.90 Å². The predicted molar refractivity (Wildman–Crippen MR) is 93.2 cm³/mol. The van der Waals surface area contributed by atoms with E-state index in [0.717, 1.165) is 25.1 Å². The van der Waals surface area contributed by atoms with Gasteiger partial charge in [0, 0.05) is 25.8 Å². The Bertz CT molecular complexity index is 888. The van der Waals surface area contributed by atoms with Crippen molar-refractivity contribution in [2.24, 2.45) is 0 Å². The normalized spacial score (nSPS) is 17.8. The molecule has 1 aliphatic heterocycles. The SMILES string of the molecule is CCc1ccc(C2CNCCN2C(=O)c2ccc3nnnn3c2)cc1. The van der Waals surface area contributed by atoms with Crippen LogP contribution in [0.15, 0.2) is 42.6 Å². The lowest BCUT2D eigenvalue weighted by molar-refractivity contribution is 0.0633. The zero-order chi connectivity index (χ0) is 17.2. The number of aromatic nitrogens is 4. The van der Waals surface area contributed by atoms with E-state index in [2.05, 4.69) is 52.0 Å². The lowest BCUT2D eigenvalue weighted by Gasteiger charge is -2.36. The first-order chi connectivity index (χ1) is 12.3. The minimum Gasteiger partial charge on any atom is -0.329 e. The Morgan fingerprint density at radius 3 is 2.88 bits per heavy atom. The molecule has 1 aromatic carbocycles. The van der Waals surface area contributed by atoms with Gasteiger partial charge in [0.2, 0.25) is 0 Å². The number of benzene rings is 1. The standard InChI is InChI=1S/C18H20N6O/c1-2-13-3-5-14(6-4-13)16-11-19-9-10-23(16)18(25)15-7-8-17-20-21-22-24(17)12-15/h3-8,12,16,19H,2,9-11H2,1H3. The summed E-state index contributed by atoms with van der Waals surface area (Å²) in [6, 6.07) is 12.1. The number of tetrazole rings is 1. The molecule has 7 nitrogen and oxygen atoms in total. The minimum absolute atomic E-state index is 0.00321. The van der Waals surface area contributed by atoms with Crippen molar-refractivity contribution in [3.8, 4) is 0 Å². The molecule has 25 heavy (non-hydrogen) atoms. The van der Waals surface area contributed by atoms with E-state index in [9.17, 15) is 4.79 Å². The number of nitrogens with zero attached hydrogens (tertiary/aromatic N) is 5. The van der Waals surface area contributed by atoms with Gasteiger partial charge in [0.05, 0.1) is 11.6 Å². The van der Waals surface area contributed by atoms with E-state index in [1.165, 1.54) is 10.1 Å². The molecule has 7 heteroatoms. The summed E-state index contributed by atoms with van der Waals surface area (Å²) in [6.45, 7) is 4.36. The summed E-state index contributed by atoms with van der Waals surface area (Å²) in [5, 5.41) is 14.8. The Kier molecular flexibility index (Phi) is 4.15. The van der Waals surface area contributed by atoms with Gasteiger partial charge in [0.15, 0.2) is 5.65 Å². The molecule has 4 rings (SSSR count). The third-order valence-electron chi connectivity index (χ3n) is 4.72. The second kappa shape index (κ2) is 6.60. The van der Waals surface area contributed by atoms with E-state index in [4.69, 9.17) is 0 Å². The smallest absolute Gasteiger partial charge is 0.256 e. The number of pyridine rings is 1. The van der Waals surface area contributed by atoms with Gasteiger partial charge < -0.3 is 10.2 Å². The number of hydrogen-bond acceptors (Lipinski definition) is 5. The molecule has 1 atom stereocenters. The van der Waals surface area contributed by atoms with Gasteiger partial charge in [-0.25, -0.2) is 0 Å². The molecule has 0 bridgehead atoms. The molecule has 1 amide bonds. The summed E-state index contributed by atoms with van der Waals surface area (Å²) in [4.78, 5) is 15.0. The second-order valence-electron chi connectivity index (χ2n) is 6.21. The first-order valence-electron chi connectivity index (χ1n) is 8.54. The highest BCUT2D eigenvalue weighted by atomic mass is 16.2. The van der Waals surface area contributed by atoms with Crippen LogP contribution in [0.3, 0.4) is 0 Å². The second-order valence-corrected chi connectivity index (χ2v) is 6.21. The lowest BCUT2D eigenvalue weighted by Crippen LogP contribution is -2.48. The van der Waals surface area contributed by atoms with Gasteiger partial charge in [0.25, 0.3) is 5.91 Å². The average Bonchev–Trinajstić information content (AvgIpc) is 3.15. The van der Waals surface area contributed by atoms with Gasteiger partial charge in [-0.05, 0) is 40.1 Å². The molecule has 128 valence electrons. The van der Waals surface area contributed by atoms with E-state index in [1.54, 1.807) is 18.3 Å². The molecule has 2 aromatic heterocycles. The van der Waals surface area contributed by atoms with Crippen LogP contribution >= 0.6 is 0 Å². The zero-order valence-electron chi connectivity index (χ0n) is 14.1. The van der Waals surface area contributed by atoms with Crippen molar-refractivity contribution in [3.63, 3.8) is 0 Å². The van der Waals surface area contributed by atoms with Crippen LogP contribution in [-0.4, -0.2) is 50.5 Å². The number of nitrogens with one attached hydrogen (secondary N) is 1. The number of amides is 1. The third-order valence-corrected chi connectivity index (χ3v) is 4.72. The molecular formula is C18H20N6O. The van der Waals surface area contributed by atoms with Crippen molar-refractivity contribution in [3.05, 3.63) is 59.3 Å². The number of carbonyl (C=O) groups is 1. The van der Waals surface area contributed by atoms with Gasteiger partial charge in [-0.1, -0.05) is 31.2 Å². The molecule has 1 aliphatic rings. The molecule has 3 aromatic rings. The topological polar surface area (TPSA) is 75.4 Å². The Morgan fingerprint density at radius 2 is 2.08 bits per heavy atom. The van der Waals surface area contributed by atoms with Crippen molar-refractivity contribution < 1.29 is 4.79 Å². The summed E-state index contributed by atoms with van der Waals surface area (Å²) in [5.41, 5.74) is 3.68. The maximum Gasteiger partial charge on any atom is 0.256 e. The highest BCUT2D eigenvalue weighted by Gasteiger charge is 2.28. The maximum atomic E-state index is 13.1. The summed E-state index contributed by atoms with van der Waals surface area (Å²) in [7, 11) is 0. The molecule has 0 aliphatic carbocycles. The number of piperazine rings is 1. The molecule has 1 saturated heterocycles. The summed E-state index contributed by atoms with van der Waals surface area (Å²) in [6.07, 6.45) is 2.70.